The van der Waals surface area contributed by atoms with Crippen LogP contribution >= 0.6 is 7.82 Å². The number of phosphoric acid groups is 1. The maximum absolute atomic E-state index is 11.1. The van der Waals surface area contributed by atoms with E-state index < -0.39 is 63.4 Å². The Morgan fingerprint density at radius 3 is 2.17 bits per heavy atom. The van der Waals surface area contributed by atoms with Crippen molar-refractivity contribution < 1.29 is 53.6 Å². The van der Waals surface area contributed by atoms with Crippen LogP contribution in [0.15, 0.2) is 0 Å². The Kier molecular flexibility index (Phi) is 9.55. The second kappa shape index (κ2) is 10.0. The number of phosphoric ester groups is 1. The normalized spacial score (nSPS) is 18.3. The maximum Gasteiger partial charge on any atom is 0.469 e. The SMILES string of the molecule is CC(=O)N[C@@H](CO)[C@@H](O[C@H](C)C(=O)O)[C@H](O)[C@H](O)COP(=O)(O)O. The maximum atomic E-state index is 11.1. The standard InChI is InChI=1S/C11H22NO11P/c1-5(11(17)18)23-10(7(3-13)12-6(2)14)9(16)8(15)4-22-24(19,20)21/h5,7-10,13,15-16H,3-4H2,1-2H3,(H,12,14)(H,17,18)(H2,19,20,21)/t5-,7+,8-,9-,10-/m1/s1. The fourth-order valence-electron chi connectivity index (χ4n) is 1.69. The van der Waals surface area contributed by atoms with Crippen LogP contribution in [0.5, 0.6) is 0 Å². The molecule has 0 heterocycles. The molecule has 0 unspecified atom stereocenters. The number of carbonyl (C=O) groups excluding carboxylic acids is 1. The summed E-state index contributed by atoms with van der Waals surface area (Å²) in [6.45, 7) is 0.452. The first-order valence-corrected chi connectivity index (χ1v) is 8.24. The van der Waals surface area contributed by atoms with Crippen LogP contribution in [0.3, 0.4) is 0 Å². The number of carboxylic acid groups (broad SMARTS) is 1. The minimum atomic E-state index is -4.91. The molecule has 0 aromatic heterocycles. The molecular weight excluding hydrogens is 353 g/mol. The molecule has 1 amide bonds. The van der Waals surface area contributed by atoms with E-state index in [1.165, 1.54) is 0 Å². The van der Waals surface area contributed by atoms with Crippen LogP contribution in [0.1, 0.15) is 13.8 Å². The van der Waals surface area contributed by atoms with Gasteiger partial charge in [-0.05, 0) is 6.92 Å². The molecule has 5 atom stereocenters. The zero-order valence-corrected chi connectivity index (χ0v) is 13.9. The van der Waals surface area contributed by atoms with E-state index in [0.717, 1.165) is 13.8 Å². The molecule has 0 saturated carbocycles. The molecule has 142 valence electrons. The summed E-state index contributed by atoms with van der Waals surface area (Å²) in [4.78, 5) is 39.1. The first-order valence-electron chi connectivity index (χ1n) is 6.71. The van der Waals surface area contributed by atoms with Gasteiger partial charge in [0.15, 0.2) is 6.10 Å². The summed E-state index contributed by atoms with van der Waals surface area (Å²) >= 11 is 0. The van der Waals surface area contributed by atoms with Gasteiger partial charge in [-0.2, -0.15) is 0 Å². The Morgan fingerprint density at radius 1 is 1.25 bits per heavy atom. The molecule has 24 heavy (non-hydrogen) atoms. The number of ether oxygens (including phenoxy) is 1. The highest BCUT2D eigenvalue weighted by atomic mass is 31.2. The van der Waals surface area contributed by atoms with Gasteiger partial charge in [0.1, 0.15) is 18.3 Å². The van der Waals surface area contributed by atoms with E-state index in [1.807, 2.05) is 0 Å². The van der Waals surface area contributed by atoms with E-state index in [2.05, 4.69) is 9.84 Å². The highest BCUT2D eigenvalue weighted by molar-refractivity contribution is 7.46. The highest BCUT2D eigenvalue weighted by Crippen LogP contribution is 2.36. The fourth-order valence-corrected chi connectivity index (χ4v) is 2.04. The lowest BCUT2D eigenvalue weighted by Crippen LogP contribution is -2.56. The van der Waals surface area contributed by atoms with Crippen LogP contribution < -0.4 is 5.32 Å². The van der Waals surface area contributed by atoms with Crippen molar-refractivity contribution in [3.63, 3.8) is 0 Å². The monoisotopic (exact) mass is 375 g/mol. The molecule has 0 radical (unpaired) electrons. The zero-order valence-electron chi connectivity index (χ0n) is 13.0. The van der Waals surface area contributed by atoms with Gasteiger partial charge in [0.25, 0.3) is 0 Å². The predicted molar refractivity (Wildman–Crippen MR) is 76.7 cm³/mol. The van der Waals surface area contributed by atoms with Crippen molar-refractivity contribution in [2.24, 2.45) is 0 Å². The average Bonchev–Trinajstić information content (AvgIpc) is 2.45. The third-order valence-electron chi connectivity index (χ3n) is 2.84. The van der Waals surface area contributed by atoms with Gasteiger partial charge in [-0.1, -0.05) is 0 Å². The number of aliphatic hydroxyl groups excluding tert-OH is 3. The van der Waals surface area contributed by atoms with Crippen LogP contribution in [-0.2, 0) is 23.4 Å². The van der Waals surface area contributed by atoms with Crippen LogP contribution in [-0.4, -0.2) is 85.8 Å². The molecule has 0 bridgehead atoms. The Balaban J connectivity index is 5.22. The Morgan fingerprint density at radius 2 is 1.79 bits per heavy atom. The minimum Gasteiger partial charge on any atom is -0.479 e. The Bertz CT molecular complexity index is 467. The summed E-state index contributed by atoms with van der Waals surface area (Å²) in [5, 5.41) is 40.2. The molecule has 0 rings (SSSR count). The van der Waals surface area contributed by atoms with Crippen molar-refractivity contribution in [3.05, 3.63) is 0 Å². The van der Waals surface area contributed by atoms with Crippen LogP contribution in [0.25, 0.3) is 0 Å². The largest absolute Gasteiger partial charge is 0.479 e. The summed E-state index contributed by atoms with van der Waals surface area (Å²) in [5.41, 5.74) is 0. The average molecular weight is 375 g/mol. The van der Waals surface area contributed by atoms with Gasteiger partial charge in [0.2, 0.25) is 5.91 Å². The summed E-state index contributed by atoms with van der Waals surface area (Å²) in [6, 6.07) is -1.29. The van der Waals surface area contributed by atoms with Crippen LogP contribution in [0.4, 0.5) is 0 Å². The number of rotatable bonds is 11. The van der Waals surface area contributed by atoms with Crippen molar-refractivity contribution in [3.8, 4) is 0 Å². The number of hydrogen-bond donors (Lipinski definition) is 7. The number of hydrogen-bond acceptors (Lipinski definition) is 8. The fraction of sp³-hybridized carbons (Fsp3) is 0.818. The molecule has 0 saturated heterocycles. The molecule has 0 aromatic rings. The molecule has 0 aliphatic rings. The Hall–Kier alpha value is -1.11. The number of nitrogens with one attached hydrogen (secondary N) is 1. The summed E-state index contributed by atoms with van der Waals surface area (Å²) in [7, 11) is -4.91. The van der Waals surface area contributed by atoms with Gasteiger partial charge in [-0.3, -0.25) is 9.32 Å². The third kappa shape index (κ3) is 8.66. The number of aliphatic hydroxyl groups is 3. The summed E-state index contributed by atoms with van der Waals surface area (Å²) in [5.74, 6) is -2.04. The van der Waals surface area contributed by atoms with Crippen molar-refractivity contribution in [2.45, 2.75) is 44.3 Å². The number of amides is 1. The van der Waals surface area contributed by atoms with Crippen LogP contribution in [0, 0.1) is 0 Å². The second-order valence-corrected chi connectivity index (χ2v) is 6.15. The third-order valence-corrected chi connectivity index (χ3v) is 3.32. The van der Waals surface area contributed by atoms with E-state index in [1.54, 1.807) is 0 Å². The molecule has 0 fully saturated rings. The topological polar surface area (TPSA) is 203 Å². The van der Waals surface area contributed by atoms with Gasteiger partial charge in [-0.25, -0.2) is 9.36 Å². The van der Waals surface area contributed by atoms with Crippen molar-refractivity contribution in [1.82, 2.24) is 5.32 Å². The van der Waals surface area contributed by atoms with E-state index >= 15 is 0 Å². The van der Waals surface area contributed by atoms with Gasteiger partial charge in [0.05, 0.1) is 19.3 Å². The first-order chi connectivity index (χ1) is 10.9. The summed E-state index contributed by atoms with van der Waals surface area (Å²) in [6.07, 6.45) is -6.89. The Labute approximate surface area is 137 Å². The lowest BCUT2D eigenvalue weighted by atomic mass is 10.0. The van der Waals surface area contributed by atoms with Gasteiger partial charge in [0, 0.05) is 6.92 Å². The summed E-state index contributed by atoms with van der Waals surface area (Å²) < 4.78 is 19.7. The number of carbonyl (C=O) groups is 2. The second-order valence-electron chi connectivity index (χ2n) is 4.92. The molecule has 7 N–H and O–H groups in total. The molecule has 0 aliphatic heterocycles. The van der Waals surface area contributed by atoms with Crippen molar-refractivity contribution in [2.75, 3.05) is 13.2 Å². The number of carboxylic acids is 1. The van der Waals surface area contributed by atoms with Gasteiger partial charge in [-0.15, -0.1) is 0 Å². The first kappa shape index (κ1) is 22.9. The highest BCUT2D eigenvalue weighted by Gasteiger charge is 2.37. The van der Waals surface area contributed by atoms with Crippen molar-refractivity contribution in [1.29, 1.82) is 0 Å². The van der Waals surface area contributed by atoms with E-state index in [0.29, 0.717) is 0 Å². The van der Waals surface area contributed by atoms with Gasteiger partial charge < -0.3 is 40.3 Å². The van der Waals surface area contributed by atoms with E-state index in [9.17, 15) is 29.5 Å². The van der Waals surface area contributed by atoms with Crippen LogP contribution in [0.2, 0.25) is 0 Å². The smallest absolute Gasteiger partial charge is 0.469 e. The zero-order chi connectivity index (χ0) is 19.1. The van der Waals surface area contributed by atoms with Crippen molar-refractivity contribution >= 4 is 19.7 Å². The molecule has 0 aliphatic carbocycles. The van der Waals surface area contributed by atoms with Gasteiger partial charge >= 0.3 is 13.8 Å². The quantitative estimate of drug-likeness (QED) is 0.183. The van der Waals surface area contributed by atoms with E-state index in [4.69, 9.17) is 19.6 Å². The molecule has 0 aromatic carbocycles. The lowest BCUT2D eigenvalue weighted by molar-refractivity contribution is -0.169. The number of aliphatic carboxylic acids is 1. The molecule has 13 heteroatoms. The lowest BCUT2D eigenvalue weighted by Gasteiger charge is -2.33. The molecule has 0 spiro atoms. The minimum absolute atomic E-state index is 0.626. The molecule has 12 nitrogen and oxygen atoms in total. The van der Waals surface area contributed by atoms with E-state index in [-0.39, 0.29) is 0 Å². The predicted octanol–water partition coefficient (Wildman–Crippen LogP) is -2.83. The molecular formula is C11H22NO11P.